The van der Waals surface area contributed by atoms with Gasteiger partial charge in [-0.2, -0.15) is 0 Å². The molecule has 0 fully saturated rings. The van der Waals surface area contributed by atoms with Crippen LogP contribution in [0.3, 0.4) is 0 Å². The van der Waals surface area contributed by atoms with Gasteiger partial charge in [0.2, 0.25) is 0 Å². The number of thiophene rings is 1. The minimum atomic E-state index is -0.522. The number of ketones is 1. The summed E-state index contributed by atoms with van der Waals surface area (Å²) in [4.78, 5) is 36.2. The highest BCUT2D eigenvalue weighted by Gasteiger charge is 2.12. The van der Waals surface area contributed by atoms with Gasteiger partial charge < -0.3 is 10.1 Å². The van der Waals surface area contributed by atoms with Crippen LogP contribution in [-0.4, -0.2) is 24.3 Å². The third-order valence-corrected chi connectivity index (χ3v) is 3.81. The van der Waals surface area contributed by atoms with Gasteiger partial charge in [0.15, 0.2) is 12.4 Å². The Morgan fingerprint density at radius 3 is 2.59 bits per heavy atom. The van der Waals surface area contributed by atoms with E-state index in [2.05, 4.69) is 5.32 Å². The molecule has 1 N–H and O–H groups in total. The lowest BCUT2D eigenvalue weighted by atomic mass is 10.1. The molecule has 0 bridgehead atoms. The Bertz CT molecular complexity index is 720. The summed E-state index contributed by atoms with van der Waals surface area (Å²) in [5.41, 5.74) is 0.990. The standard InChI is InChI=1S/C16H15NO4S/c1-10-6-7-14(22-10)16(20)21-9-15(19)17-13-5-3-4-12(8-13)11(2)18/h3-8H,9H2,1-2H3,(H,17,19). The number of anilines is 1. The van der Waals surface area contributed by atoms with Crippen molar-refractivity contribution >= 4 is 34.7 Å². The average Bonchev–Trinajstić information content (AvgIpc) is 2.91. The van der Waals surface area contributed by atoms with Gasteiger partial charge in [0.25, 0.3) is 5.91 Å². The summed E-state index contributed by atoms with van der Waals surface area (Å²) in [6, 6.07) is 10.1. The van der Waals surface area contributed by atoms with Gasteiger partial charge in [-0.1, -0.05) is 12.1 Å². The molecule has 6 heteroatoms. The highest BCUT2D eigenvalue weighted by atomic mass is 32.1. The van der Waals surface area contributed by atoms with Gasteiger partial charge in [-0.3, -0.25) is 9.59 Å². The van der Waals surface area contributed by atoms with E-state index in [1.807, 2.05) is 13.0 Å². The van der Waals surface area contributed by atoms with Gasteiger partial charge in [0.05, 0.1) is 0 Å². The normalized spacial score (nSPS) is 10.1. The molecule has 2 rings (SSSR count). The molecule has 1 heterocycles. The highest BCUT2D eigenvalue weighted by molar-refractivity contribution is 7.13. The van der Waals surface area contributed by atoms with Gasteiger partial charge in [-0.05, 0) is 38.1 Å². The van der Waals surface area contributed by atoms with Gasteiger partial charge in [0, 0.05) is 16.1 Å². The second kappa shape index (κ2) is 7.00. The zero-order valence-corrected chi connectivity index (χ0v) is 13.0. The summed E-state index contributed by atoms with van der Waals surface area (Å²) in [6.07, 6.45) is 0. The molecule has 5 nitrogen and oxygen atoms in total. The smallest absolute Gasteiger partial charge is 0.348 e. The number of aryl methyl sites for hydroxylation is 1. The topological polar surface area (TPSA) is 72.5 Å². The van der Waals surface area contributed by atoms with Crippen LogP contribution in [0, 0.1) is 6.92 Å². The number of rotatable bonds is 5. The highest BCUT2D eigenvalue weighted by Crippen LogP contribution is 2.16. The Kier molecular flexibility index (Phi) is 5.06. The largest absolute Gasteiger partial charge is 0.451 e. The predicted molar refractivity (Wildman–Crippen MR) is 84.4 cm³/mol. The molecule has 0 aliphatic carbocycles. The zero-order valence-electron chi connectivity index (χ0n) is 12.2. The lowest BCUT2D eigenvalue weighted by Crippen LogP contribution is -2.20. The van der Waals surface area contributed by atoms with Crippen molar-refractivity contribution in [1.29, 1.82) is 0 Å². The molecule has 1 aromatic carbocycles. The van der Waals surface area contributed by atoms with E-state index < -0.39 is 11.9 Å². The Morgan fingerprint density at radius 1 is 1.18 bits per heavy atom. The van der Waals surface area contributed by atoms with Gasteiger partial charge in [0.1, 0.15) is 4.88 Å². The van der Waals surface area contributed by atoms with Crippen LogP contribution in [-0.2, 0) is 9.53 Å². The summed E-state index contributed by atoms with van der Waals surface area (Å²) in [5, 5.41) is 2.58. The zero-order chi connectivity index (χ0) is 16.1. The first-order chi connectivity index (χ1) is 10.5. The summed E-state index contributed by atoms with van der Waals surface area (Å²) >= 11 is 1.31. The van der Waals surface area contributed by atoms with E-state index in [0.717, 1.165) is 4.88 Å². The second-order valence-electron chi connectivity index (χ2n) is 4.67. The van der Waals surface area contributed by atoms with Crippen molar-refractivity contribution in [3.8, 4) is 0 Å². The van der Waals surface area contributed by atoms with Crippen molar-refractivity contribution in [2.45, 2.75) is 13.8 Å². The molecule has 0 spiro atoms. The van der Waals surface area contributed by atoms with Gasteiger partial charge in [-0.25, -0.2) is 4.79 Å². The first-order valence-electron chi connectivity index (χ1n) is 6.60. The number of hydrogen-bond acceptors (Lipinski definition) is 5. The van der Waals surface area contributed by atoms with Gasteiger partial charge >= 0.3 is 5.97 Å². The Hall–Kier alpha value is -2.47. The molecule has 0 saturated heterocycles. The van der Waals surface area contributed by atoms with Crippen LogP contribution < -0.4 is 5.32 Å². The molecule has 0 unspecified atom stereocenters. The van der Waals surface area contributed by atoms with Gasteiger partial charge in [-0.15, -0.1) is 11.3 Å². The van der Waals surface area contributed by atoms with Crippen LogP contribution >= 0.6 is 11.3 Å². The molecule has 1 aromatic heterocycles. The minimum Gasteiger partial charge on any atom is -0.451 e. The van der Waals surface area contributed by atoms with E-state index in [9.17, 15) is 14.4 Å². The molecule has 0 aliphatic heterocycles. The SMILES string of the molecule is CC(=O)c1cccc(NC(=O)COC(=O)c2ccc(C)s2)c1. The average molecular weight is 317 g/mol. The van der Waals surface area contributed by atoms with Crippen LogP contribution in [0.15, 0.2) is 36.4 Å². The van der Waals surface area contributed by atoms with Crippen molar-refractivity contribution < 1.29 is 19.1 Å². The van der Waals surface area contributed by atoms with Crippen molar-refractivity contribution in [3.63, 3.8) is 0 Å². The fourth-order valence-electron chi connectivity index (χ4n) is 1.76. The van der Waals surface area contributed by atoms with E-state index in [0.29, 0.717) is 16.1 Å². The Morgan fingerprint density at radius 2 is 1.95 bits per heavy atom. The van der Waals surface area contributed by atoms with Crippen LogP contribution in [0.4, 0.5) is 5.69 Å². The number of hydrogen-bond donors (Lipinski definition) is 1. The number of esters is 1. The van der Waals surface area contributed by atoms with Crippen molar-refractivity contribution in [1.82, 2.24) is 0 Å². The number of amides is 1. The number of Topliss-reactive ketones (excluding diaryl/α,β-unsaturated/α-hetero) is 1. The lowest BCUT2D eigenvalue weighted by molar-refractivity contribution is -0.119. The Balaban J connectivity index is 1.89. The second-order valence-corrected chi connectivity index (χ2v) is 5.96. The molecule has 0 atom stereocenters. The van der Waals surface area contributed by atoms with Crippen molar-refractivity contribution in [3.05, 3.63) is 51.7 Å². The number of benzene rings is 1. The maximum absolute atomic E-state index is 11.8. The summed E-state index contributed by atoms with van der Waals surface area (Å²) < 4.78 is 4.95. The number of ether oxygens (including phenoxy) is 1. The molecule has 1 amide bonds. The summed E-state index contributed by atoms with van der Waals surface area (Å²) in [7, 11) is 0. The fraction of sp³-hybridized carbons (Fsp3) is 0.188. The monoisotopic (exact) mass is 317 g/mol. The molecule has 114 valence electrons. The fourth-order valence-corrected chi connectivity index (χ4v) is 2.52. The quantitative estimate of drug-likeness (QED) is 0.679. The predicted octanol–water partition coefficient (Wildman–Crippen LogP) is 3.05. The third kappa shape index (κ3) is 4.26. The molecule has 22 heavy (non-hydrogen) atoms. The van der Waals surface area contributed by atoms with Crippen molar-refractivity contribution in [2.75, 3.05) is 11.9 Å². The van der Waals surface area contributed by atoms with Crippen LogP contribution in [0.25, 0.3) is 0 Å². The third-order valence-electron chi connectivity index (χ3n) is 2.83. The maximum atomic E-state index is 11.8. The Labute approximate surface area is 131 Å². The summed E-state index contributed by atoms with van der Waals surface area (Å²) in [6.45, 7) is 2.96. The minimum absolute atomic E-state index is 0.0874. The van der Waals surface area contributed by atoms with E-state index in [1.165, 1.54) is 18.3 Å². The molecular formula is C16H15NO4S. The number of carbonyl (C=O) groups is 3. The van der Waals surface area contributed by atoms with E-state index >= 15 is 0 Å². The van der Waals surface area contributed by atoms with E-state index in [-0.39, 0.29) is 12.4 Å². The van der Waals surface area contributed by atoms with Crippen LogP contribution in [0.1, 0.15) is 31.8 Å². The van der Waals surface area contributed by atoms with Crippen LogP contribution in [0.2, 0.25) is 0 Å². The number of carbonyl (C=O) groups excluding carboxylic acids is 3. The first kappa shape index (κ1) is 15.9. The van der Waals surface area contributed by atoms with Crippen LogP contribution in [0.5, 0.6) is 0 Å². The molecule has 2 aromatic rings. The van der Waals surface area contributed by atoms with E-state index in [4.69, 9.17) is 4.74 Å². The number of nitrogens with one attached hydrogen (secondary N) is 1. The molecular weight excluding hydrogens is 302 g/mol. The molecule has 0 saturated carbocycles. The summed E-state index contributed by atoms with van der Waals surface area (Å²) in [5.74, 6) is -1.07. The van der Waals surface area contributed by atoms with E-state index in [1.54, 1.807) is 30.3 Å². The molecule has 0 radical (unpaired) electrons. The maximum Gasteiger partial charge on any atom is 0.348 e. The lowest BCUT2D eigenvalue weighted by Gasteiger charge is -2.07. The van der Waals surface area contributed by atoms with Crippen molar-refractivity contribution in [2.24, 2.45) is 0 Å². The molecule has 0 aliphatic rings. The first-order valence-corrected chi connectivity index (χ1v) is 7.42.